The van der Waals surface area contributed by atoms with Gasteiger partial charge in [0, 0.05) is 5.56 Å². The fourth-order valence-corrected chi connectivity index (χ4v) is 2.89. The third-order valence-electron chi connectivity index (χ3n) is 4.27. The number of fused-ring (bicyclic) bond motifs is 1. The van der Waals surface area contributed by atoms with Gasteiger partial charge in [-0.3, -0.25) is 9.59 Å². The molecular formula is C19H21N3O8. The van der Waals surface area contributed by atoms with E-state index in [1.165, 1.54) is 12.1 Å². The van der Waals surface area contributed by atoms with Gasteiger partial charge in [-0.05, 0) is 32.0 Å². The highest BCUT2D eigenvalue weighted by atomic mass is 16.7. The molecule has 0 spiro atoms. The normalized spacial score (nSPS) is 17.0. The van der Waals surface area contributed by atoms with Gasteiger partial charge in [-0.2, -0.15) is 0 Å². The SMILES string of the molecule is CCOC(=O)C1=C(COC(=O)CNC(=O)c2ccc3c(c2)OCO3)NC(=O)NC1C. The van der Waals surface area contributed by atoms with Crippen molar-refractivity contribution in [3.8, 4) is 11.5 Å². The highest BCUT2D eigenvalue weighted by Gasteiger charge is 2.30. The summed E-state index contributed by atoms with van der Waals surface area (Å²) in [4.78, 5) is 48.0. The second-order valence-corrected chi connectivity index (χ2v) is 6.34. The van der Waals surface area contributed by atoms with Crippen LogP contribution in [0.4, 0.5) is 4.79 Å². The molecule has 2 heterocycles. The van der Waals surface area contributed by atoms with Crippen molar-refractivity contribution in [1.29, 1.82) is 0 Å². The lowest BCUT2D eigenvalue weighted by Gasteiger charge is -2.26. The second-order valence-electron chi connectivity index (χ2n) is 6.34. The van der Waals surface area contributed by atoms with Crippen LogP contribution in [0.1, 0.15) is 24.2 Å². The van der Waals surface area contributed by atoms with E-state index in [0.29, 0.717) is 17.1 Å². The summed E-state index contributed by atoms with van der Waals surface area (Å²) in [6.45, 7) is 2.74. The highest BCUT2D eigenvalue weighted by molar-refractivity contribution is 5.97. The summed E-state index contributed by atoms with van der Waals surface area (Å²) >= 11 is 0. The molecule has 0 aliphatic carbocycles. The van der Waals surface area contributed by atoms with Gasteiger partial charge in [-0.1, -0.05) is 0 Å². The van der Waals surface area contributed by atoms with Crippen LogP contribution in [0, 0.1) is 0 Å². The standard InChI is InChI=1S/C19H21N3O8/c1-3-27-18(25)16-10(2)21-19(26)22-12(16)8-28-15(23)7-20-17(24)11-4-5-13-14(6-11)30-9-29-13/h4-6,10H,3,7-9H2,1-2H3,(H,20,24)(H2,21,22,26). The first kappa shape index (κ1) is 21.0. The van der Waals surface area contributed by atoms with Crippen molar-refractivity contribution in [3.05, 3.63) is 35.0 Å². The van der Waals surface area contributed by atoms with Crippen molar-refractivity contribution >= 4 is 23.9 Å². The Kier molecular flexibility index (Phi) is 6.40. The molecule has 0 aromatic heterocycles. The minimum Gasteiger partial charge on any atom is -0.463 e. The lowest BCUT2D eigenvalue weighted by atomic mass is 10.0. The minimum atomic E-state index is -0.750. The molecular weight excluding hydrogens is 398 g/mol. The van der Waals surface area contributed by atoms with Gasteiger partial charge >= 0.3 is 18.0 Å². The van der Waals surface area contributed by atoms with Crippen LogP contribution in [-0.2, 0) is 19.1 Å². The summed E-state index contributed by atoms with van der Waals surface area (Å²) in [5.41, 5.74) is 0.576. The largest absolute Gasteiger partial charge is 0.463 e. The maximum atomic E-state index is 12.2. The number of benzene rings is 1. The van der Waals surface area contributed by atoms with E-state index in [9.17, 15) is 19.2 Å². The smallest absolute Gasteiger partial charge is 0.338 e. The molecule has 1 unspecified atom stereocenters. The van der Waals surface area contributed by atoms with E-state index in [1.54, 1.807) is 19.9 Å². The summed E-state index contributed by atoms with van der Waals surface area (Å²) < 4.78 is 20.5. The van der Waals surface area contributed by atoms with Crippen molar-refractivity contribution in [2.75, 3.05) is 26.6 Å². The average Bonchev–Trinajstić information content (AvgIpc) is 3.17. The number of amides is 3. The van der Waals surface area contributed by atoms with E-state index in [-0.39, 0.29) is 31.3 Å². The lowest BCUT2D eigenvalue weighted by Crippen LogP contribution is -2.50. The number of ether oxygens (including phenoxy) is 4. The predicted molar refractivity (Wildman–Crippen MR) is 101 cm³/mol. The number of rotatable bonds is 7. The van der Waals surface area contributed by atoms with Gasteiger partial charge in [0.25, 0.3) is 5.91 Å². The number of hydrogen-bond acceptors (Lipinski definition) is 8. The number of urea groups is 1. The van der Waals surface area contributed by atoms with Gasteiger partial charge in [0.1, 0.15) is 13.2 Å². The van der Waals surface area contributed by atoms with E-state index >= 15 is 0 Å². The maximum absolute atomic E-state index is 12.2. The fourth-order valence-electron chi connectivity index (χ4n) is 2.89. The Bertz CT molecular complexity index is 911. The van der Waals surface area contributed by atoms with Gasteiger partial charge in [0.15, 0.2) is 11.5 Å². The lowest BCUT2D eigenvalue weighted by molar-refractivity contribution is -0.142. The summed E-state index contributed by atoms with van der Waals surface area (Å²) in [7, 11) is 0. The topological polar surface area (TPSA) is 141 Å². The molecule has 3 rings (SSSR count). The maximum Gasteiger partial charge on any atom is 0.338 e. The van der Waals surface area contributed by atoms with Crippen molar-refractivity contribution in [2.45, 2.75) is 19.9 Å². The first-order valence-electron chi connectivity index (χ1n) is 9.20. The molecule has 3 amide bonds. The molecule has 1 aromatic carbocycles. The van der Waals surface area contributed by atoms with E-state index in [0.717, 1.165) is 0 Å². The van der Waals surface area contributed by atoms with Crippen LogP contribution in [0.5, 0.6) is 11.5 Å². The number of esters is 2. The van der Waals surface area contributed by atoms with E-state index < -0.39 is 36.5 Å². The van der Waals surface area contributed by atoms with Crippen molar-refractivity contribution in [1.82, 2.24) is 16.0 Å². The van der Waals surface area contributed by atoms with E-state index in [4.69, 9.17) is 18.9 Å². The summed E-state index contributed by atoms with van der Waals surface area (Å²) in [6.07, 6.45) is 0. The molecule has 30 heavy (non-hydrogen) atoms. The van der Waals surface area contributed by atoms with Crippen LogP contribution >= 0.6 is 0 Å². The van der Waals surface area contributed by atoms with Crippen LogP contribution in [-0.4, -0.2) is 56.5 Å². The average molecular weight is 419 g/mol. The second kappa shape index (κ2) is 9.16. The molecule has 0 saturated heterocycles. The minimum absolute atomic E-state index is 0.0844. The Morgan fingerprint density at radius 3 is 2.73 bits per heavy atom. The Morgan fingerprint density at radius 2 is 1.97 bits per heavy atom. The van der Waals surface area contributed by atoms with Gasteiger partial charge < -0.3 is 34.9 Å². The van der Waals surface area contributed by atoms with Crippen molar-refractivity contribution < 1.29 is 38.1 Å². The Balaban J connectivity index is 1.56. The zero-order chi connectivity index (χ0) is 21.7. The molecule has 1 atom stereocenters. The summed E-state index contributed by atoms with van der Waals surface area (Å²) in [5.74, 6) is -0.894. The Morgan fingerprint density at radius 1 is 1.20 bits per heavy atom. The third-order valence-corrected chi connectivity index (χ3v) is 4.27. The van der Waals surface area contributed by atoms with Crippen LogP contribution in [0.3, 0.4) is 0 Å². The first-order valence-corrected chi connectivity index (χ1v) is 9.20. The molecule has 0 saturated carbocycles. The predicted octanol–water partition coefficient (Wildman–Crippen LogP) is 0.207. The first-order chi connectivity index (χ1) is 14.4. The monoisotopic (exact) mass is 419 g/mol. The molecule has 11 heteroatoms. The molecule has 2 aliphatic heterocycles. The number of carbonyl (C=O) groups is 4. The van der Waals surface area contributed by atoms with Gasteiger partial charge in [-0.15, -0.1) is 0 Å². The van der Waals surface area contributed by atoms with E-state index in [1.807, 2.05) is 0 Å². The van der Waals surface area contributed by atoms with Crippen LogP contribution < -0.4 is 25.4 Å². The van der Waals surface area contributed by atoms with Gasteiger partial charge in [-0.25, -0.2) is 9.59 Å². The Labute approximate surface area is 171 Å². The highest BCUT2D eigenvalue weighted by Crippen LogP contribution is 2.32. The van der Waals surface area contributed by atoms with Crippen LogP contribution in [0.25, 0.3) is 0 Å². The molecule has 3 N–H and O–H groups in total. The fraction of sp³-hybridized carbons (Fsp3) is 0.368. The van der Waals surface area contributed by atoms with Gasteiger partial charge in [0.2, 0.25) is 6.79 Å². The van der Waals surface area contributed by atoms with Gasteiger partial charge in [0.05, 0.1) is 23.9 Å². The number of nitrogens with one attached hydrogen (secondary N) is 3. The number of hydrogen-bond donors (Lipinski definition) is 3. The third kappa shape index (κ3) is 4.80. The van der Waals surface area contributed by atoms with Crippen molar-refractivity contribution in [3.63, 3.8) is 0 Å². The molecule has 1 aromatic rings. The number of carbonyl (C=O) groups excluding carboxylic acids is 4. The zero-order valence-corrected chi connectivity index (χ0v) is 16.4. The zero-order valence-electron chi connectivity index (χ0n) is 16.4. The van der Waals surface area contributed by atoms with E-state index in [2.05, 4.69) is 16.0 Å². The molecule has 0 fully saturated rings. The molecule has 0 radical (unpaired) electrons. The summed E-state index contributed by atoms with van der Waals surface area (Å²) in [6, 6.07) is 3.50. The van der Waals surface area contributed by atoms with Crippen LogP contribution in [0.2, 0.25) is 0 Å². The Hall–Kier alpha value is -3.76. The van der Waals surface area contributed by atoms with Crippen LogP contribution in [0.15, 0.2) is 29.5 Å². The molecule has 0 bridgehead atoms. The molecule has 2 aliphatic rings. The summed E-state index contributed by atoms with van der Waals surface area (Å²) in [5, 5.41) is 7.41. The quantitative estimate of drug-likeness (QED) is 0.533. The molecule has 160 valence electrons. The van der Waals surface area contributed by atoms with Crippen molar-refractivity contribution in [2.24, 2.45) is 0 Å². The molecule has 11 nitrogen and oxygen atoms in total.